The van der Waals surface area contributed by atoms with Gasteiger partial charge in [0.25, 0.3) is 0 Å². The molecule has 0 spiro atoms. The summed E-state index contributed by atoms with van der Waals surface area (Å²) in [4.78, 5) is 11.5. The summed E-state index contributed by atoms with van der Waals surface area (Å²) in [7, 11) is 0. The van der Waals surface area contributed by atoms with Crippen molar-refractivity contribution in [3.63, 3.8) is 0 Å². The Morgan fingerprint density at radius 1 is 0.708 bits per heavy atom. The van der Waals surface area contributed by atoms with Crippen LogP contribution in [-0.4, -0.2) is 18.5 Å². The SMILES string of the molecule is CCCCCCCCCCCCCNC(CCCCCC)C(N)=O. The summed E-state index contributed by atoms with van der Waals surface area (Å²) in [5.74, 6) is -0.186. The molecule has 1 atom stereocenters. The largest absolute Gasteiger partial charge is 0.368 e. The molecule has 3 nitrogen and oxygen atoms in total. The third-order valence-corrected chi connectivity index (χ3v) is 4.86. The molecule has 0 aromatic heterocycles. The zero-order valence-electron chi connectivity index (χ0n) is 16.6. The van der Waals surface area contributed by atoms with Crippen LogP contribution >= 0.6 is 0 Å². The smallest absolute Gasteiger partial charge is 0.234 e. The van der Waals surface area contributed by atoms with E-state index in [-0.39, 0.29) is 11.9 Å². The number of unbranched alkanes of at least 4 members (excludes halogenated alkanes) is 13. The minimum atomic E-state index is -0.186. The average Bonchev–Trinajstić information content (AvgIpc) is 2.57. The standard InChI is InChI=1S/C21H44N2O/c1-3-5-7-9-10-11-12-13-14-15-17-19-23-20(21(22)24)18-16-8-6-4-2/h20,23H,3-19H2,1-2H3,(H2,22,24). The molecule has 144 valence electrons. The zero-order valence-corrected chi connectivity index (χ0v) is 16.6. The van der Waals surface area contributed by atoms with Gasteiger partial charge in [0.05, 0.1) is 6.04 Å². The number of carbonyl (C=O) groups is 1. The molecule has 0 fully saturated rings. The quantitative estimate of drug-likeness (QED) is 0.296. The molecular formula is C21H44N2O. The summed E-state index contributed by atoms with van der Waals surface area (Å²) < 4.78 is 0. The fraction of sp³-hybridized carbons (Fsp3) is 0.952. The number of hydrogen-bond acceptors (Lipinski definition) is 2. The predicted molar refractivity (Wildman–Crippen MR) is 106 cm³/mol. The summed E-state index contributed by atoms with van der Waals surface area (Å²) in [5.41, 5.74) is 5.49. The second kappa shape index (κ2) is 18.8. The van der Waals surface area contributed by atoms with Crippen molar-refractivity contribution in [2.75, 3.05) is 6.54 Å². The third kappa shape index (κ3) is 16.3. The van der Waals surface area contributed by atoms with Crippen molar-refractivity contribution >= 4 is 5.91 Å². The maximum Gasteiger partial charge on any atom is 0.234 e. The molecule has 0 rings (SSSR count). The van der Waals surface area contributed by atoms with Gasteiger partial charge < -0.3 is 11.1 Å². The molecule has 1 amide bonds. The number of rotatable bonds is 19. The highest BCUT2D eigenvalue weighted by Gasteiger charge is 2.13. The van der Waals surface area contributed by atoms with Crippen LogP contribution < -0.4 is 11.1 Å². The van der Waals surface area contributed by atoms with Crippen LogP contribution in [0, 0.1) is 0 Å². The first kappa shape index (κ1) is 23.4. The lowest BCUT2D eigenvalue weighted by molar-refractivity contribution is -0.120. The van der Waals surface area contributed by atoms with Gasteiger partial charge in [-0.2, -0.15) is 0 Å². The highest BCUT2D eigenvalue weighted by molar-refractivity contribution is 5.79. The lowest BCUT2D eigenvalue weighted by atomic mass is 10.1. The van der Waals surface area contributed by atoms with Gasteiger partial charge in [-0.05, 0) is 19.4 Å². The minimum absolute atomic E-state index is 0.120. The van der Waals surface area contributed by atoms with Crippen LogP contribution in [0.15, 0.2) is 0 Å². The summed E-state index contributed by atoms with van der Waals surface area (Å²) in [6.07, 6.45) is 20.6. The van der Waals surface area contributed by atoms with E-state index in [0.29, 0.717) is 0 Å². The van der Waals surface area contributed by atoms with Gasteiger partial charge in [0.1, 0.15) is 0 Å². The first-order valence-electron chi connectivity index (χ1n) is 10.7. The summed E-state index contributed by atoms with van der Waals surface area (Å²) in [6.45, 7) is 5.40. The van der Waals surface area contributed by atoms with Crippen molar-refractivity contribution in [2.45, 2.75) is 123 Å². The normalized spacial score (nSPS) is 12.4. The molecule has 0 saturated heterocycles. The minimum Gasteiger partial charge on any atom is -0.368 e. The van der Waals surface area contributed by atoms with E-state index in [0.717, 1.165) is 25.8 Å². The molecule has 0 heterocycles. The number of hydrogen-bond donors (Lipinski definition) is 2. The average molecular weight is 341 g/mol. The molecule has 3 heteroatoms. The number of nitrogens with one attached hydrogen (secondary N) is 1. The Morgan fingerprint density at radius 3 is 1.58 bits per heavy atom. The summed E-state index contributed by atoms with van der Waals surface area (Å²) >= 11 is 0. The van der Waals surface area contributed by atoms with E-state index >= 15 is 0 Å². The van der Waals surface area contributed by atoms with Gasteiger partial charge in [-0.15, -0.1) is 0 Å². The molecule has 3 N–H and O–H groups in total. The number of nitrogens with two attached hydrogens (primary N) is 1. The lowest BCUT2D eigenvalue weighted by Crippen LogP contribution is -2.41. The van der Waals surface area contributed by atoms with Crippen LogP contribution in [0.25, 0.3) is 0 Å². The van der Waals surface area contributed by atoms with Crippen molar-refractivity contribution in [3.05, 3.63) is 0 Å². The maximum atomic E-state index is 11.5. The molecule has 24 heavy (non-hydrogen) atoms. The molecule has 0 aromatic rings. The summed E-state index contributed by atoms with van der Waals surface area (Å²) in [5, 5.41) is 3.35. The highest BCUT2D eigenvalue weighted by Crippen LogP contribution is 2.11. The van der Waals surface area contributed by atoms with Gasteiger partial charge in [-0.3, -0.25) is 4.79 Å². The molecule has 0 aromatic carbocycles. The highest BCUT2D eigenvalue weighted by atomic mass is 16.1. The van der Waals surface area contributed by atoms with E-state index in [1.54, 1.807) is 0 Å². The van der Waals surface area contributed by atoms with Gasteiger partial charge in [0, 0.05) is 0 Å². The first-order chi connectivity index (χ1) is 11.7. The molecule has 0 aliphatic rings. The Morgan fingerprint density at radius 2 is 1.12 bits per heavy atom. The second-order valence-electron chi connectivity index (χ2n) is 7.29. The van der Waals surface area contributed by atoms with E-state index in [1.807, 2.05) is 0 Å². The molecule has 1 unspecified atom stereocenters. The van der Waals surface area contributed by atoms with Gasteiger partial charge in [-0.25, -0.2) is 0 Å². The fourth-order valence-electron chi connectivity index (χ4n) is 3.19. The van der Waals surface area contributed by atoms with Crippen molar-refractivity contribution in [1.82, 2.24) is 5.32 Å². The molecule has 0 radical (unpaired) electrons. The van der Waals surface area contributed by atoms with E-state index < -0.39 is 0 Å². The fourth-order valence-corrected chi connectivity index (χ4v) is 3.19. The van der Waals surface area contributed by atoms with E-state index in [9.17, 15) is 4.79 Å². The van der Waals surface area contributed by atoms with Crippen molar-refractivity contribution in [3.8, 4) is 0 Å². The van der Waals surface area contributed by atoms with E-state index in [2.05, 4.69) is 19.2 Å². The van der Waals surface area contributed by atoms with Gasteiger partial charge in [0.15, 0.2) is 0 Å². The Balaban J connectivity index is 3.37. The first-order valence-corrected chi connectivity index (χ1v) is 10.7. The zero-order chi connectivity index (χ0) is 17.9. The molecular weight excluding hydrogens is 296 g/mol. The van der Waals surface area contributed by atoms with Crippen LogP contribution in [0.3, 0.4) is 0 Å². The third-order valence-electron chi connectivity index (χ3n) is 4.86. The molecule has 0 aliphatic heterocycles. The van der Waals surface area contributed by atoms with Crippen LogP contribution in [-0.2, 0) is 4.79 Å². The van der Waals surface area contributed by atoms with Crippen LogP contribution in [0.4, 0.5) is 0 Å². The van der Waals surface area contributed by atoms with Crippen molar-refractivity contribution in [1.29, 1.82) is 0 Å². The topological polar surface area (TPSA) is 55.1 Å². The monoisotopic (exact) mass is 340 g/mol. The lowest BCUT2D eigenvalue weighted by Gasteiger charge is -2.15. The second-order valence-corrected chi connectivity index (χ2v) is 7.29. The summed E-state index contributed by atoms with van der Waals surface area (Å²) in [6, 6.07) is -0.120. The molecule has 0 aliphatic carbocycles. The van der Waals surface area contributed by atoms with E-state index in [1.165, 1.54) is 83.5 Å². The van der Waals surface area contributed by atoms with Crippen LogP contribution in [0.5, 0.6) is 0 Å². The van der Waals surface area contributed by atoms with Gasteiger partial charge >= 0.3 is 0 Å². The molecule has 0 saturated carbocycles. The molecule has 0 bridgehead atoms. The van der Waals surface area contributed by atoms with Gasteiger partial charge in [-0.1, -0.05) is 104 Å². The Labute approximate surface area is 151 Å². The Bertz CT molecular complexity index is 269. The van der Waals surface area contributed by atoms with E-state index in [4.69, 9.17) is 5.73 Å². The Kier molecular flexibility index (Phi) is 18.3. The van der Waals surface area contributed by atoms with Gasteiger partial charge in [0.2, 0.25) is 5.91 Å². The Hall–Kier alpha value is -0.570. The maximum absolute atomic E-state index is 11.5. The van der Waals surface area contributed by atoms with Crippen LogP contribution in [0.1, 0.15) is 117 Å². The van der Waals surface area contributed by atoms with Crippen molar-refractivity contribution in [2.24, 2.45) is 5.73 Å². The number of carbonyl (C=O) groups excluding carboxylic acids is 1. The number of amides is 1. The predicted octanol–water partition coefficient (Wildman–Crippen LogP) is 5.71. The number of primary amides is 1. The van der Waals surface area contributed by atoms with Crippen molar-refractivity contribution < 1.29 is 4.79 Å². The van der Waals surface area contributed by atoms with Crippen LogP contribution in [0.2, 0.25) is 0 Å².